The van der Waals surface area contributed by atoms with Gasteiger partial charge in [0.05, 0.1) is 0 Å². The molecular weight excluding hydrogens is 144 g/mol. The summed E-state index contributed by atoms with van der Waals surface area (Å²) >= 11 is 0. The van der Waals surface area contributed by atoms with Gasteiger partial charge >= 0.3 is 0 Å². The maximum atomic E-state index is 2.58. The highest BCUT2D eigenvalue weighted by Crippen LogP contribution is 2.68. The van der Waals surface area contributed by atoms with Crippen molar-refractivity contribution in [1.82, 2.24) is 0 Å². The standard InChI is InChI=1S/C12H18/c1-2-6-12-8-4-3-7-11(12,5-1)9-10-12/h1,5H,2-4,6-10H2/t11-,12+/m1/s1. The third-order valence-electron chi connectivity index (χ3n) is 4.86. The summed E-state index contributed by atoms with van der Waals surface area (Å²) in [4.78, 5) is 0. The van der Waals surface area contributed by atoms with E-state index < -0.39 is 0 Å². The van der Waals surface area contributed by atoms with Crippen molar-refractivity contribution >= 4 is 0 Å². The van der Waals surface area contributed by atoms with Crippen LogP contribution in [0.3, 0.4) is 0 Å². The van der Waals surface area contributed by atoms with Gasteiger partial charge in [0.25, 0.3) is 0 Å². The molecular formula is C12H18. The second kappa shape index (κ2) is 2.16. The Morgan fingerprint density at radius 1 is 0.833 bits per heavy atom. The molecule has 0 saturated heterocycles. The highest BCUT2D eigenvalue weighted by molar-refractivity contribution is 5.20. The van der Waals surface area contributed by atoms with E-state index in [1.165, 1.54) is 51.4 Å². The van der Waals surface area contributed by atoms with Gasteiger partial charge in [0.15, 0.2) is 0 Å². The van der Waals surface area contributed by atoms with Crippen molar-refractivity contribution in [2.24, 2.45) is 10.8 Å². The van der Waals surface area contributed by atoms with Crippen LogP contribution in [0.15, 0.2) is 12.2 Å². The molecule has 0 unspecified atom stereocenters. The van der Waals surface area contributed by atoms with Gasteiger partial charge in [0.1, 0.15) is 0 Å². The van der Waals surface area contributed by atoms with Crippen molar-refractivity contribution in [3.63, 3.8) is 0 Å². The van der Waals surface area contributed by atoms with E-state index in [1.54, 1.807) is 0 Å². The molecule has 0 heterocycles. The summed E-state index contributed by atoms with van der Waals surface area (Å²) in [5.74, 6) is 0. The van der Waals surface area contributed by atoms with E-state index >= 15 is 0 Å². The Bertz CT molecular complexity index is 228. The zero-order valence-electron chi connectivity index (χ0n) is 7.81. The molecule has 0 spiro atoms. The predicted octanol–water partition coefficient (Wildman–Crippen LogP) is 3.68. The fraction of sp³-hybridized carbons (Fsp3) is 0.833. The quantitative estimate of drug-likeness (QED) is 0.477. The van der Waals surface area contributed by atoms with Crippen molar-refractivity contribution in [2.45, 2.75) is 51.4 Å². The van der Waals surface area contributed by atoms with Gasteiger partial charge in [-0.3, -0.25) is 0 Å². The molecule has 0 heteroatoms. The summed E-state index contributed by atoms with van der Waals surface area (Å²) in [6.45, 7) is 0. The first-order valence-corrected chi connectivity index (χ1v) is 5.55. The molecule has 0 nitrogen and oxygen atoms in total. The monoisotopic (exact) mass is 162 g/mol. The molecule has 3 aliphatic carbocycles. The van der Waals surface area contributed by atoms with Crippen LogP contribution in [0.25, 0.3) is 0 Å². The Morgan fingerprint density at radius 3 is 2.50 bits per heavy atom. The van der Waals surface area contributed by atoms with Crippen LogP contribution in [-0.4, -0.2) is 0 Å². The number of allylic oxidation sites excluding steroid dienone is 2. The van der Waals surface area contributed by atoms with E-state index in [0.717, 1.165) is 5.41 Å². The molecule has 0 amide bonds. The average molecular weight is 162 g/mol. The third kappa shape index (κ3) is 0.654. The van der Waals surface area contributed by atoms with Crippen molar-refractivity contribution in [2.75, 3.05) is 0 Å². The number of rotatable bonds is 0. The summed E-state index contributed by atoms with van der Waals surface area (Å²) < 4.78 is 0. The lowest BCUT2D eigenvalue weighted by molar-refractivity contribution is -0.0909. The summed E-state index contributed by atoms with van der Waals surface area (Å²) in [5.41, 5.74) is 1.52. The summed E-state index contributed by atoms with van der Waals surface area (Å²) in [6.07, 6.45) is 17.0. The maximum absolute atomic E-state index is 2.58. The lowest BCUT2D eigenvalue weighted by Crippen LogP contribution is -2.53. The van der Waals surface area contributed by atoms with E-state index in [2.05, 4.69) is 12.2 Å². The number of hydrogen-bond acceptors (Lipinski definition) is 0. The van der Waals surface area contributed by atoms with Crippen LogP contribution >= 0.6 is 0 Å². The summed E-state index contributed by atoms with van der Waals surface area (Å²) in [5, 5.41) is 0. The van der Waals surface area contributed by atoms with Crippen molar-refractivity contribution in [3.05, 3.63) is 12.2 Å². The zero-order valence-corrected chi connectivity index (χ0v) is 7.81. The molecule has 0 aromatic heterocycles. The molecule has 0 radical (unpaired) electrons. The van der Waals surface area contributed by atoms with Gasteiger partial charge in [-0.15, -0.1) is 0 Å². The van der Waals surface area contributed by atoms with Crippen LogP contribution < -0.4 is 0 Å². The largest absolute Gasteiger partial charge is 0.0879 e. The average Bonchev–Trinajstić information content (AvgIpc) is 2.09. The lowest BCUT2D eigenvalue weighted by Gasteiger charge is -2.63. The Kier molecular flexibility index (Phi) is 1.29. The lowest BCUT2D eigenvalue weighted by atomic mass is 9.41. The smallest absolute Gasteiger partial charge is 0.00615 e. The Hall–Kier alpha value is -0.260. The highest BCUT2D eigenvalue weighted by atomic mass is 14.6. The molecule has 0 aromatic rings. The Balaban J connectivity index is 2.00. The Labute approximate surface area is 75.0 Å². The van der Waals surface area contributed by atoms with Crippen LogP contribution in [0.1, 0.15) is 51.4 Å². The molecule has 3 aliphatic rings. The first-order chi connectivity index (χ1) is 5.87. The minimum Gasteiger partial charge on any atom is -0.0879 e. The molecule has 0 aliphatic heterocycles. The minimum atomic E-state index is 0.712. The van der Waals surface area contributed by atoms with Gasteiger partial charge in [-0.1, -0.05) is 25.0 Å². The molecule has 2 fully saturated rings. The van der Waals surface area contributed by atoms with Crippen molar-refractivity contribution < 1.29 is 0 Å². The predicted molar refractivity (Wildman–Crippen MR) is 50.9 cm³/mol. The highest BCUT2D eigenvalue weighted by Gasteiger charge is 2.57. The molecule has 0 bridgehead atoms. The van der Waals surface area contributed by atoms with E-state index in [9.17, 15) is 0 Å². The van der Waals surface area contributed by atoms with Crippen LogP contribution in [0.4, 0.5) is 0 Å². The van der Waals surface area contributed by atoms with Gasteiger partial charge in [0, 0.05) is 0 Å². The van der Waals surface area contributed by atoms with Crippen LogP contribution in [0, 0.1) is 10.8 Å². The topological polar surface area (TPSA) is 0 Å². The summed E-state index contributed by atoms with van der Waals surface area (Å²) in [6, 6.07) is 0. The molecule has 66 valence electrons. The molecule has 12 heavy (non-hydrogen) atoms. The SMILES string of the molecule is C1=C[C@]23CCCC[C@@]2(CC1)CC3. The second-order valence-electron chi connectivity index (χ2n) is 5.08. The molecule has 3 rings (SSSR count). The fourth-order valence-corrected chi connectivity index (χ4v) is 3.98. The first kappa shape index (κ1) is 7.17. The van der Waals surface area contributed by atoms with Crippen LogP contribution in [-0.2, 0) is 0 Å². The van der Waals surface area contributed by atoms with Crippen LogP contribution in [0.5, 0.6) is 0 Å². The minimum absolute atomic E-state index is 0.712. The Morgan fingerprint density at radius 2 is 1.75 bits per heavy atom. The summed E-state index contributed by atoms with van der Waals surface area (Å²) in [7, 11) is 0. The first-order valence-electron chi connectivity index (χ1n) is 5.55. The van der Waals surface area contributed by atoms with Gasteiger partial charge in [-0.25, -0.2) is 0 Å². The van der Waals surface area contributed by atoms with Crippen LogP contribution in [0.2, 0.25) is 0 Å². The molecule has 2 saturated carbocycles. The maximum Gasteiger partial charge on any atom is -0.00615 e. The van der Waals surface area contributed by atoms with Gasteiger partial charge < -0.3 is 0 Å². The van der Waals surface area contributed by atoms with Crippen molar-refractivity contribution in [1.29, 1.82) is 0 Å². The van der Waals surface area contributed by atoms with E-state index in [0.29, 0.717) is 5.41 Å². The van der Waals surface area contributed by atoms with E-state index in [4.69, 9.17) is 0 Å². The van der Waals surface area contributed by atoms with Crippen molar-refractivity contribution in [3.8, 4) is 0 Å². The van der Waals surface area contributed by atoms with Gasteiger partial charge in [0.2, 0.25) is 0 Å². The fourth-order valence-electron chi connectivity index (χ4n) is 3.98. The normalized spacial score (nSPS) is 50.7. The zero-order chi connectivity index (χ0) is 8.07. The molecule has 2 atom stereocenters. The van der Waals surface area contributed by atoms with E-state index in [-0.39, 0.29) is 0 Å². The van der Waals surface area contributed by atoms with Gasteiger partial charge in [-0.05, 0) is 49.4 Å². The second-order valence-corrected chi connectivity index (χ2v) is 5.08. The molecule has 0 N–H and O–H groups in total. The van der Waals surface area contributed by atoms with E-state index in [1.807, 2.05) is 0 Å². The molecule has 0 aromatic carbocycles. The van der Waals surface area contributed by atoms with Gasteiger partial charge in [-0.2, -0.15) is 0 Å². The number of hydrogen-bond donors (Lipinski definition) is 0. The third-order valence-corrected chi connectivity index (χ3v) is 4.86.